The summed E-state index contributed by atoms with van der Waals surface area (Å²) in [5.41, 5.74) is 1.16. The Labute approximate surface area is 168 Å². The van der Waals surface area contributed by atoms with Gasteiger partial charge in [-0.25, -0.2) is 4.98 Å². The van der Waals surface area contributed by atoms with Gasteiger partial charge in [-0.05, 0) is 40.8 Å². The van der Waals surface area contributed by atoms with Gasteiger partial charge in [0.25, 0.3) is 11.3 Å². The fourth-order valence-corrected chi connectivity index (χ4v) is 3.25. The maximum atomic E-state index is 12.4. The van der Waals surface area contributed by atoms with Gasteiger partial charge in [-0.3, -0.25) is 9.89 Å². The predicted molar refractivity (Wildman–Crippen MR) is 109 cm³/mol. The number of hydrogen-bond donors (Lipinski definition) is 1. The van der Waals surface area contributed by atoms with Crippen LogP contribution in [0.1, 0.15) is 5.69 Å². The van der Waals surface area contributed by atoms with Gasteiger partial charge in [-0.15, -0.1) is 0 Å². The molecule has 8 heteroatoms. The summed E-state index contributed by atoms with van der Waals surface area (Å²) in [6.45, 7) is 0.168. The normalized spacial score (nSPS) is 10.9. The van der Waals surface area contributed by atoms with Crippen LogP contribution in [0, 0.1) is 3.57 Å². The zero-order valence-electron chi connectivity index (χ0n) is 14.3. The van der Waals surface area contributed by atoms with Crippen LogP contribution >= 0.6 is 22.6 Å². The summed E-state index contributed by atoms with van der Waals surface area (Å²) in [5, 5.41) is 2.98. The SMILES string of the molecule is COc1ccc(OCc2cc(=O)n3[nH]c(-c4ccccc4)nc3n2)c(I)c1. The highest BCUT2D eigenvalue weighted by atomic mass is 127. The number of aromatic amines is 1. The van der Waals surface area contributed by atoms with Gasteiger partial charge in [0.05, 0.1) is 16.4 Å². The first-order chi connectivity index (χ1) is 13.1. The number of hydrogen-bond acceptors (Lipinski definition) is 5. The smallest absolute Gasteiger partial charge is 0.274 e. The number of fused-ring (bicyclic) bond motifs is 1. The average molecular weight is 474 g/mol. The number of halogens is 1. The molecule has 2 aromatic heterocycles. The van der Waals surface area contributed by atoms with Gasteiger partial charge in [0.2, 0.25) is 0 Å². The van der Waals surface area contributed by atoms with Crippen molar-refractivity contribution >= 4 is 28.4 Å². The monoisotopic (exact) mass is 474 g/mol. The molecular formula is C19H15IN4O3. The lowest BCUT2D eigenvalue weighted by molar-refractivity contribution is 0.298. The lowest BCUT2D eigenvalue weighted by Gasteiger charge is -2.09. The Balaban J connectivity index is 1.60. The van der Waals surface area contributed by atoms with Crippen molar-refractivity contribution in [2.45, 2.75) is 6.61 Å². The summed E-state index contributed by atoms with van der Waals surface area (Å²) < 4.78 is 13.2. The van der Waals surface area contributed by atoms with E-state index in [1.807, 2.05) is 48.5 Å². The van der Waals surface area contributed by atoms with E-state index in [1.54, 1.807) is 7.11 Å². The fourth-order valence-electron chi connectivity index (χ4n) is 2.60. The molecule has 0 amide bonds. The molecule has 136 valence electrons. The van der Waals surface area contributed by atoms with E-state index in [4.69, 9.17) is 9.47 Å². The third-order valence-electron chi connectivity index (χ3n) is 3.95. The molecule has 0 unspecified atom stereocenters. The molecule has 2 heterocycles. The van der Waals surface area contributed by atoms with Crippen LogP contribution in [-0.4, -0.2) is 26.7 Å². The zero-order chi connectivity index (χ0) is 18.8. The number of methoxy groups -OCH3 is 1. The summed E-state index contributed by atoms with van der Waals surface area (Å²) in [5.74, 6) is 2.35. The van der Waals surface area contributed by atoms with E-state index < -0.39 is 0 Å². The lowest BCUT2D eigenvalue weighted by atomic mass is 10.2. The molecule has 2 aromatic carbocycles. The Bertz CT molecular complexity index is 1150. The summed E-state index contributed by atoms with van der Waals surface area (Å²) >= 11 is 2.17. The van der Waals surface area contributed by atoms with Crippen LogP contribution in [0.3, 0.4) is 0 Å². The minimum atomic E-state index is -0.238. The molecule has 0 saturated heterocycles. The quantitative estimate of drug-likeness (QED) is 0.450. The average Bonchev–Trinajstić information content (AvgIpc) is 3.12. The summed E-state index contributed by atoms with van der Waals surface area (Å²) in [6.07, 6.45) is 0. The molecule has 0 fully saturated rings. The third-order valence-corrected chi connectivity index (χ3v) is 4.79. The molecule has 0 atom stereocenters. The number of H-pyrrole nitrogens is 1. The molecule has 0 bridgehead atoms. The van der Waals surface area contributed by atoms with Crippen LogP contribution < -0.4 is 15.0 Å². The van der Waals surface area contributed by atoms with Crippen molar-refractivity contribution in [2.75, 3.05) is 7.11 Å². The lowest BCUT2D eigenvalue weighted by Crippen LogP contribution is -2.16. The molecule has 0 aliphatic carbocycles. The molecule has 4 aromatic rings. The van der Waals surface area contributed by atoms with Crippen molar-refractivity contribution < 1.29 is 9.47 Å². The Hall–Kier alpha value is -2.88. The van der Waals surface area contributed by atoms with E-state index >= 15 is 0 Å². The highest BCUT2D eigenvalue weighted by Crippen LogP contribution is 2.26. The summed E-state index contributed by atoms with van der Waals surface area (Å²) in [4.78, 5) is 21.2. The number of ether oxygens (including phenoxy) is 2. The second-order valence-electron chi connectivity index (χ2n) is 5.74. The maximum Gasteiger partial charge on any atom is 0.274 e. The first-order valence-electron chi connectivity index (χ1n) is 8.14. The van der Waals surface area contributed by atoms with Gasteiger partial charge in [-0.1, -0.05) is 30.3 Å². The van der Waals surface area contributed by atoms with Gasteiger partial charge in [0.15, 0.2) is 5.82 Å². The highest BCUT2D eigenvalue weighted by molar-refractivity contribution is 14.1. The molecule has 0 aliphatic rings. The molecule has 0 aliphatic heterocycles. The van der Waals surface area contributed by atoms with Crippen molar-refractivity contribution in [3.63, 3.8) is 0 Å². The maximum absolute atomic E-state index is 12.4. The minimum absolute atomic E-state index is 0.168. The van der Waals surface area contributed by atoms with Gasteiger partial charge < -0.3 is 9.47 Å². The van der Waals surface area contributed by atoms with Crippen LogP contribution in [0.4, 0.5) is 0 Å². The van der Waals surface area contributed by atoms with Crippen LogP contribution in [0.5, 0.6) is 11.5 Å². The molecular weight excluding hydrogens is 459 g/mol. The van der Waals surface area contributed by atoms with Crippen LogP contribution in [0.15, 0.2) is 59.4 Å². The Morgan fingerprint density at radius 1 is 1.11 bits per heavy atom. The summed E-state index contributed by atoms with van der Waals surface area (Å²) in [6, 6.07) is 16.5. The fraction of sp³-hybridized carbons (Fsp3) is 0.105. The van der Waals surface area contributed by atoms with Crippen LogP contribution in [0.25, 0.3) is 17.2 Å². The standard InChI is InChI=1S/C19H15IN4O3/c1-26-14-7-8-16(15(20)10-14)27-11-13-9-17(25)24-19(21-13)22-18(23-24)12-5-3-2-4-6-12/h2-10H,11H2,1H3,(H,21,22,23). The number of nitrogens with zero attached hydrogens (tertiary/aromatic N) is 3. The molecule has 1 N–H and O–H groups in total. The summed E-state index contributed by atoms with van der Waals surface area (Å²) in [7, 11) is 1.62. The molecule has 0 saturated carbocycles. The topological polar surface area (TPSA) is 81.5 Å². The van der Waals surface area contributed by atoms with E-state index in [2.05, 4.69) is 37.7 Å². The number of rotatable bonds is 5. The Morgan fingerprint density at radius 3 is 2.67 bits per heavy atom. The number of nitrogens with one attached hydrogen (secondary N) is 1. The highest BCUT2D eigenvalue weighted by Gasteiger charge is 2.10. The molecule has 27 heavy (non-hydrogen) atoms. The van der Waals surface area contributed by atoms with E-state index in [0.29, 0.717) is 23.0 Å². The van der Waals surface area contributed by atoms with E-state index in [1.165, 1.54) is 10.6 Å². The molecule has 0 spiro atoms. The first kappa shape index (κ1) is 17.5. The Kier molecular flexibility index (Phi) is 4.80. The van der Waals surface area contributed by atoms with Gasteiger partial charge in [0.1, 0.15) is 18.1 Å². The van der Waals surface area contributed by atoms with Gasteiger partial charge >= 0.3 is 0 Å². The molecule has 4 rings (SSSR count). The van der Waals surface area contributed by atoms with Crippen molar-refractivity contribution in [2.24, 2.45) is 0 Å². The number of benzene rings is 2. The minimum Gasteiger partial charge on any atom is -0.497 e. The van der Waals surface area contributed by atoms with Crippen LogP contribution in [-0.2, 0) is 6.61 Å². The van der Waals surface area contributed by atoms with Crippen molar-refractivity contribution in [1.82, 2.24) is 19.6 Å². The second kappa shape index (κ2) is 7.39. The van der Waals surface area contributed by atoms with E-state index in [9.17, 15) is 4.79 Å². The predicted octanol–water partition coefficient (Wildman–Crippen LogP) is 3.28. The van der Waals surface area contributed by atoms with E-state index in [-0.39, 0.29) is 12.2 Å². The van der Waals surface area contributed by atoms with Crippen molar-refractivity contribution in [3.05, 3.63) is 74.2 Å². The van der Waals surface area contributed by atoms with Crippen molar-refractivity contribution in [1.29, 1.82) is 0 Å². The first-order valence-corrected chi connectivity index (χ1v) is 9.22. The number of aromatic nitrogens is 4. The molecule has 0 radical (unpaired) electrons. The van der Waals surface area contributed by atoms with Crippen LogP contribution in [0.2, 0.25) is 0 Å². The largest absolute Gasteiger partial charge is 0.497 e. The van der Waals surface area contributed by atoms with Crippen molar-refractivity contribution in [3.8, 4) is 22.9 Å². The van der Waals surface area contributed by atoms with Gasteiger partial charge in [0, 0.05) is 11.6 Å². The van der Waals surface area contributed by atoms with E-state index in [0.717, 1.165) is 14.9 Å². The Morgan fingerprint density at radius 2 is 1.93 bits per heavy atom. The zero-order valence-corrected chi connectivity index (χ0v) is 16.5. The third kappa shape index (κ3) is 3.65. The second-order valence-corrected chi connectivity index (χ2v) is 6.91. The molecule has 7 nitrogen and oxygen atoms in total. The van der Waals surface area contributed by atoms with Gasteiger partial charge in [-0.2, -0.15) is 9.50 Å².